The molecule has 0 aromatic heterocycles. The second-order valence-electron chi connectivity index (χ2n) is 5.03. The Balaban J connectivity index is 2.69. The number of carbonyl (C=O) groups excluding carboxylic acids is 1. The zero-order valence-electron chi connectivity index (χ0n) is 11.5. The molecule has 1 amide bonds. The summed E-state index contributed by atoms with van der Waals surface area (Å²) in [5, 5.41) is 8.89. The lowest BCUT2D eigenvalue weighted by Gasteiger charge is -2.33. The first-order valence-corrected chi connectivity index (χ1v) is 6.79. The molecule has 0 aromatic carbocycles. The summed E-state index contributed by atoms with van der Waals surface area (Å²) in [7, 11) is 1.53. The van der Waals surface area contributed by atoms with Crippen LogP contribution in [-0.2, 0) is 14.3 Å². The van der Waals surface area contributed by atoms with Crippen LogP contribution in [0.2, 0.25) is 0 Å². The minimum atomic E-state index is -0.996. The van der Waals surface area contributed by atoms with E-state index in [0.717, 1.165) is 25.7 Å². The Bertz CT molecular complexity index is 309. The zero-order valence-corrected chi connectivity index (χ0v) is 11.5. The Morgan fingerprint density at radius 2 is 2.05 bits per heavy atom. The van der Waals surface area contributed by atoms with Crippen LogP contribution in [0.15, 0.2) is 0 Å². The van der Waals surface area contributed by atoms with Gasteiger partial charge in [0.25, 0.3) is 0 Å². The van der Waals surface area contributed by atoms with Crippen molar-refractivity contribution < 1.29 is 19.4 Å². The number of carboxylic acids is 1. The van der Waals surface area contributed by atoms with Gasteiger partial charge in [0.05, 0.1) is 6.61 Å². The van der Waals surface area contributed by atoms with Gasteiger partial charge in [-0.05, 0) is 25.3 Å². The van der Waals surface area contributed by atoms with E-state index in [4.69, 9.17) is 15.6 Å². The van der Waals surface area contributed by atoms with E-state index in [1.54, 1.807) is 0 Å². The molecule has 6 nitrogen and oxygen atoms in total. The highest BCUT2D eigenvalue weighted by Crippen LogP contribution is 2.30. The second kappa shape index (κ2) is 8.12. The molecule has 0 aliphatic heterocycles. The normalized spacial score (nSPS) is 23.1. The maximum absolute atomic E-state index is 12.5. The number of aliphatic carboxylic acids is 1. The summed E-state index contributed by atoms with van der Waals surface area (Å²) in [4.78, 5) is 24.7. The number of carboxylic acid groups (broad SMARTS) is 1. The highest BCUT2D eigenvalue weighted by molar-refractivity contribution is 5.83. The van der Waals surface area contributed by atoms with Crippen molar-refractivity contribution in [1.82, 2.24) is 4.90 Å². The van der Waals surface area contributed by atoms with Crippen molar-refractivity contribution in [2.45, 2.75) is 25.7 Å². The first-order chi connectivity index (χ1) is 9.10. The number of amides is 1. The third-order valence-electron chi connectivity index (χ3n) is 3.73. The molecule has 1 rings (SSSR count). The average molecular weight is 272 g/mol. The van der Waals surface area contributed by atoms with Gasteiger partial charge < -0.3 is 20.5 Å². The van der Waals surface area contributed by atoms with Gasteiger partial charge in [-0.3, -0.25) is 9.59 Å². The summed E-state index contributed by atoms with van der Waals surface area (Å²) >= 11 is 0. The Labute approximate surface area is 113 Å². The first-order valence-electron chi connectivity index (χ1n) is 6.79. The van der Waals surface area contributed by atoms with Crippen LogP contribution in [-0.4, -0.2) is 55.2 Å². The molecule has 1 aliphatic carbocycles. The van der Waals surface area contributed by atoms with Crippen LogP contribution in [0.25, 0.3) is 0 Å². The molecular formula is C13H24N2O4. The number of hydrogen-bond donors (Lipinski definition) is 2. The van der Waals surface area contributed by atoms with Crippen molar-refractivity contribution in [2.75, 3.05) is 33.4 Å². The lowest BCUT2D eigenvalue weighted by atomic mass is 9.78. The molecule has 1 saturated carbocycles. The molecule has 6 heteroatoms. The molecule has 0 bridgehead atoms. The van der Waals surface area contributed by atoms with Gasteiger partial charge in [-0.15, -0.1) is 0 Å². The molecule has 1 aliphatic rings. The summed E-state index contributed by atoms with van der Waals surface area (Å²) in [5.41, 5.74) is 5.72. The molecule has 2 unspecified atom stereocenters. The van der Waals surface area contributed by atoms with Crippen LogP contribution < -0.4 is 5.73 Å². The molecule has 0 heterocycles. The average Bonchev–Trinajstić information content (AvgIpc) is 2.42. The number of rotatable bonds is 7. The number of carbonyl (C=O) groups is 2. The van der Waals surface area contributed by atoms with Gasteiger partial charge in [-0.1, -0.05) is 12.8 Å². The topological polar surface area (TPSA) is 92.9 Å². The third kappa shape index (κ3) is 4.80. The van der Waals surface area contributed by atoms with E-state index in [2.05, 4.69) is 0 Å². The van der Waals surface area contributed by atoms with E-state index in [1.807, 2.05) is 0 Å². The van der Waals surface area contributed by atoms with Gasteiger partial charge in [-0.25, -0.2) is 0 Å². The third-order valence-corrected chi connectivity index (χ3v) is 3.73. The highest BCUT2D eigenvalue weighted by Gasteiger charge is 2.33. The summed E-state index contributed by atoms with van der Waals surface area (Å²) in [6, 6.07) is 0. The maximum Gasteiger partial charge on any atom is 0.323 e. The van der Waals surface area contributed by atoms with Crippen molar-refractivity contribution in [3.8, 4) is 0 Å². The van der Waals surface area contributed by atoms with E-state index in [1.165, 1.54) is 12.0 Å². The highest BCUT2D eigenvalue weighted by atomic mass is 16.5. The van der Waals surface area contributed by atoms with Gasteiger partial charge in [0, 0.05) is 19.6 Å². The van der Waals surface area contributed by atoms with E-state index in [9.17, 15) is 9.59 Å². The number of hydrogen-bond acceptors (Lipinski definition) is 4. The quantitative estimate of drug-likeness (QED) is 0.696. The fourth-order valence-electron chi connectivity index (χ4n) is 2.68. The lowest BCUT2D eigenvalue weighted by molar-refractivity contribution is -0.148. The zero-order chi connectivity index (χ0) is 14.3. The first kappa shape index (κ1) is 15.9. The smallest absolute Gasteiger partial charge is 0.323 e. The van der Waals surface area contributed by atoms with Gasteiger partial charge in [0.1, 0.15) is 6.54 Å². The van der Waals surface area contributed by atoms with Gasteiger partial charge in [-0.2, -0.15) is 0 Å². The molecule has 1 fully saturated rings. The Morgan fingerprint density at radius 3 is 2.63 bits per heavy atom. The lowest BCUT2D eigenvalue weighted by Crippen LogP contribution is -2.45. The van der Waals surface area contributed by atoms with E-state index >= 15 is 0 Å². The Morgan fingerprint density at radius 1 is 1.37 bits per heavy atom. The number of ether oxygens (including phenoxy) is 1. The Hall–Kier alpha value is -1.14. The molecule has 0 aromatic rings. The minimum Gasteiger partial charge on any atom is -0.480 e. The van der Waals surface area contributed by atoms with Crippen LogP contribution in [0.1, 0.15) is 25.7 Å². The van der Waals surface area contributed by atoms with Crippen LogP contribution in [0, 0.1) is 11.8 Å². The molecule has 3 N–H and O–H groups in total. The van der Waals surface area contributed by atoms with Gasteiger partial charge >= 0.3 is 5.97 Å². The van der Waals surface area contributed by atoms with E-state index in [0.29, 0.717) is 19.7 Å². The molecule has 0 radical (unpaired) electrons. The van der Waals surface area contributed by atoms with Crippen molar-refractivity contribution in [2.24, 2.45) is 17.6 Å². The van der Waals surface area contributed by atoms with Crippen LogP contribution in [0.4, 0.5) is 0 Å². The molecule has 0 saturated heterocycles. The summed E-state index contributed by atoms with van der Waals surface area (Å²) in [6.45, 7) is 0.881. The predicted octanol–water partition coefficient (Wildman–Crippen LogP) is 0.311. The monoisotopic (exact) mass is 272 g/mol. The fraction of sp³-hybridized carbons (Fsp3) is 0.846. The second-order valence-corrected chi connectivity index (χ2v) is 5.03. The standard InChI is InChI=1S/C13H24N2O4/c1-19-7-6-15(9-12(16)17)13(18)11-5-3-2-4-10(11)8-14/h10-11H,2-9,14H2,1H3,(H,16,17). The number of nitrogens with two attached hydrogens (primary N) is 1. The molecule has 110 valence electrons. The largest absolute Gasteiger partial charge is 0.480 e. The number of nitrogens with zero attached hydrogens (tertiary/aromatic N) is 1. The molecule has 0 spiro atoms. The van der Waals surface area contributed by atoms with Gasteiger partial charge in [0.2, 0.25) is 5.91 Å². The van der Waals surface area contributed by atoms with Crippen molar-refractivity contribution in [3.63, 3.8) is 0 Å². The summed E-state index contributed by atoms with van der Waals surface area (Å²) in [6.07, 6.45) is 3.88. The van der Waals surface area contributed by atoms with Crippen LogP contribution >= 0.6 is 0 Å². The van der Waals surface area contributed by atoms with E-state index < -0.39 is 5.97 Å². The fourth-order valence-corrected chi connectivity index (χ4v) is 2.68. The number of methoxy groups -OCH3 is 1. The van der Waals surface area contributed by atoms with Crippen molar-refractivity contribution in [3.05, 3.63) is 0 Å². The predicted molar refractivity (Wildman–Crippen MR) is 70.6 cm³/mol. The van der Waals surface area contributed by atoms with Crippen molar-refractivity contribution >= 4 is 11.9 Å². The molecular weight excluding hydrogens is 248 g/mol. The maximum atomic E-state index is 12.5. The summed E-state index contributed by atoms with van der Waals surface area (Å²) < 4.78 is 4.93. The molecule has 2 atom stereocenters. The molecule has 19 heavy (non-hydrogen) atoms. The minimum absolute atomic E-state index is 0.0883. The van der Waals surface area contributed by atoms with Crippen LogP contribution in [0.5, 0.6) is 0 Å². The summed E-state index contributed by atoms with van der Waals surface area (Å²) in [5.74, 6) is -1.03. The Kier molecular flexibility index (Phi) is 6.80. The van der Waals surface area contributed by atoms with Gasteiger partial charge in [0.15, 0.2) is 0 Å². The SMILES string of the molecule is COCCN(CC(=O)O)C(=O)C1CCCCC1CN. The van der Waals surface area contributed by atoms with Crippen molar-refractivity contribution in [1.29, 1.82) is 0 Å². The van der Waals surface area contributed by atoms with E-state index in [-0.39, 0.29) is 24.3 Å². The van der Waals surface area contributed by atoms with Crippen LogP contribution in [0.3, 0.4) is 0 Å².